The van der Waals surface area contributed by atoms with E-state index >= 15 is 0 Å². The summed E-state index contributed by atoms with van der Waals surface area (Å²) < 4.78 is 27.9. The van der Waals surface area contributed by atoms with Crippen LogP contribution in [0.1, 0.15) is 42.5 Å². The first-order valence-electron chi connectivity index (χ1n) is 11.1. The zero-order chi connectivity index (χ0) is 23.4. The molecule has 7 heteroatoms. The molecule has 0 heterocycles. The van der Waals surface area contributed by atoms with Crippen molar-refractivity contribution in [2.24, 2.45) is 0 Å². The van der Waals surface area contributed by atoms with Crippen LogP contribution in [0.5, 0.6) is 0 Å². The van der Waals surface area contributed by atoms with Crippen LogP contribution >= 0.6 is 11.6 Å². The minimum atomic E-state index is -3.95. The first-order valence-corrected chi connectivity index (χ1v) is 12.9. The second kappa shape index (κ2) is 9.98. The summed E-state index contributed by atoms with van der Waals surface area (Å²) in [6.07, 6.45) is 4.56. The third-order valence-corrected chi connectivity index (χ3v) is 8.02. The fourth-order valence-corrected chi connectivity index (χ4v) is 5.73. The van der Waals surface area contributed by atoms with E-state index in [1.165, 1.54) is 36.1 Å². The number of carbonyl (C=O) groups excluding carboxylic acids is 1. The van der Waals surface area contributed by atoms with E-state index < -0.39 is 10.0 Å². The summed E-state index contributed by atoms with van der Waals surface area (Å²) in [5.41, 5.74) is 4.12. The molecule has 172 valence electrons. The molecule has 0 aliphatic heterocycles. The highest BCUT2D eigenvalue weighted by Gasteiger charge is 2.27. The Bertz CT molecular complexity index is 1230. The summed E-state index contributed by atoms with van der Waals surface area (Å²) in [4.78, 5) is 13.1. The quantitative estimate of drug-likeness (QED) is 0.497. The molecule has 1 aliphatic rings. The lowest BCUT2D eigenvalue weighted by Crippen LogP contribution is -2.41. The molecule has 0 spiro atoms. The van der Waals surface area contributed by atoms with Gasteiger partial charge in [0.25, 0.3) is 10.0 Å². The van der Waals surface area contributed by atoms with Crippen LogP contribution in [0.4, 0.5) is 5.69 Å². The highest BCUT2D eigenvalue weighted by molar-refractivity contribution is 7.92. The van der Waals surface area contributed by atoms with E-state index in [0.717, 1.165) is 22.7 Å². The lowest BCUT2D eigenvalue weighted by atomic mass is 9.89. The molecule has 1 aliphatic carbocycles. The van der Waals surface area contributed by atoms with Crippen LogP contribution in [-0.2, 0) is 27.7 Å². The summed E-state index contributed by atoms with van der Waals surface area (Å²) in [7, 11) is -3.95. The van der Waals surface area contributed by atoms with Gasteiger partial charge in [-0.3, -0.25) is 9.10 Å². The topological polar surface area (TPSA) is 66.5 Å². The minimum Gasteiger partial charge on any atom is -0.348 e. The molecule has 1 amide bonds. The van der Waals surface area contributed by atoms with E-state index in [1.807, 2.05) is 13.0 Å². The Morgan fingerprint density at radius 1 is 0.970 bits per heavy atom. The van der Waals surface area contributed by atoms with Crippen molar-refractivity contribution >= 4 is 33.2 Å². The van der Waals surface area contributed by atoms with E-state index in [1.54, 1.807) is 42.5 Å². The van der Waals surface area contributed by atoms with Crippen LogP contribution in [0.15, 0.2) is 77.7 Å². The van der Waals surface area contributed by atoms with Gasteiger partial charge in [0.15, 0.2) is 0 Å². The molecule has 5 nitrogen and oxygen atoms in total. The van der Waals surface area contributed by atoms with Crippen LogP contribution in [0.3, 0.4) is 0 Å². The number of carbonyl (C=O) groups is 1. The summed E-state index contributed by atoms with van der Waals surface area (Å²) >= 11 is 5.99. The monoisotopic (exact) mass is 482 g/mol. The maximum Gasteiger partial charge on any atom is 0.264 e. The molecule has 0 radical (unpaired) electrons. The van der Waals surface area contributed by atoms with Crippen molar-refractivity contribution in [3.05, 3.63) is 94.5 Å². The number of anilines is 1. The highest BCUT2D eigenvalue weighted by Crippen LogP contribution is 2.27. The normalized spacial score (nSPS) is 14.2. The van der Waals surface area contributed by atoms with Gasteiger partial charge in [-0.05, 0) is 85.7 Å². The number of rotatable bonds is 7. The molecule has 0 unspecified atom stereocenters. The van der Waals surface area contributed by atoms with Crippen LogP contribution in [0.2, 0.25) is 5.02 Å². The third kappa shape index (κ3) is 5.40. The lowest BCUT2D eigenvalue weighted by Gasteiger charge is -2.25. The van der Waals surface area contributed by atoms with Crippen LogP contribution in [-0.4, -0.2) is 20.9 Å². The Hall–Kier alpha value is -2.83. The Kier molecular flexibility index (Phi) is 7.05. The molecule has 3 aromatic carbocycles. The minimum absolute atomic E-state index is 0.121. The zero-order valence-electron chi connectivity index (χ0n) is 18.5. The molecule has 0 aromatic heterocycles. The first kappa shape index (κ1) is 23.3. The number of halogens is 1. The van der Waals surface area contributed by atoms with E-state index in [0.29, 0.717) is 10.7 Å². The van der Waals surface area contributed by atoms with E-state index in [4.69, 9.17) is 11.6 Å². The fourth-order valence-electron chi connectivity index (χ4n) is 4.17. The number of amides is 1. The maximum absolute atomic E-state index is 13.4. The molecule has 33 heavy (non-hydrogen) atoms. The Labute approximate surface area is 200 Å². The largest absolute Gasteiger partial charge is 0.348 e. The van der Waals surface area contributed by atoms with E-state index in [2.05, 4.69) is 17.4 Å². The summed E-state index contributed by atoms with van der Waals surface area (Å²) in [6.45, 7) is 1.58. The second-order valence-electron chi connectivity index (χ2n) is 8.33. The second-order valence-corrected chi connectivity index (χ2v) is 10.6. The zero-order valence-corrected chi connectivity index (χ0v) is 20.1. The Morgan fingerprint density at radius 3 is 2.33 bits per heavy atom. The fraction of sp³-hybridized carbons (Fsp3) is 0.269. The lowest BCUT2D eigenvalue weighted by molar-refractivity contribution is -0.120. The van der Waals surface area contributed by atoms with E-state index in [-0.39, 0.29) is 23.4 Å². The van der Waals surface area contributed by atoms with Gasteiger partial charge in [0, 0.05) is 5.02 Å². The van der Waals surface area contributed by atoms with Gasteiger partial charge in [0.05, 0.1) is 16.6 Å². The molecule has 0 fully saturated rings. The first-order chi connectivity index (χ1) is 15.8. The molecule has 1 atom stereocenters. The Morgan fingerprint density at radius 2 is 1.64 bits per heavy atom. The molecular formula is C26H27ClN2O3S. The van der Waals surface area contributed by atoms with E-state index in [9.17, 15) is 13.2 Å². The molecule has 0 saturated carbocycles. The van der Waals surface area contributed by atoms with Gasteiger partial charge in [-0.25, -0.2) is 8.42 Å². The number of aryl methyl sites for hydroxylation is 2. The summed E-state index contributed by atoms with van der Waals surface area (Å²) in [5, 5.41) is 3.45. The number of hydrogen-bond acceptors (Lipinski definition) is 3. The average Bonchev–Trinajstić information content (AvgIpc) is 2.83. The van der Waals surface area contributed by atoms with Crippen molar-refractivity contribution in [3.63, 3.8) is 0 Å². The van der Waals surface area contributed by atoms with Crippen LogP contribution in [0.25, 0.3) is 0 Å². The van der Waals surface area contributed by atoms with Gasteiger partial charge < -0.3 is 5.32 Å². The van der Waals surface area contributed by atoms with Crippen molar-refractivity contribution < 1.29 is 13.2 Å². The number of benzene rings is 3. The van der Waals surface area contributed by atoms with Gasteiger partial charge in [-0.15, -0.1) is 0 Å². The maximum atomic E-state index is 13.4. The molecule has 4 rings (SSSR count). The van der Waals surface area contributed by atoms with Gasteiger partial charge in [-0.1, -0.05) is 48.0 Å². The van der Waals surface area contributed by atoms with Crippen molar-refractivity contribution in [3.8, 4) is 0 Å². The molecular weight excluding hydrogens is 456 g/mol. The van der Waals surface area contributed by atoms with Gasteiger partial charge in [-0.2, -0.15) is 0 Å². The van der Waals surface area contributed by atoms with Crippen LogP contribution in [0, 0.1) is 0 Å². The van der Waals surface area contributed by atoms with Crippen molar-refractivity contribution in [1.29, 1.82) is 0 Å². The van der Waals surface area contributed by atoms with Crippen molar-refractivity contribution in [1.82, 2.24) is 5.32 Å². The predicted octanol–water partition coefficient (Wildman–Crippen LogP) is 5.29. The van der Waals surface area contributed by atoms with Gasteiger partial charge in [0.2, 0.25) is 5.91 Å². The molecule has 3 aromatic rings. The molecule has 0 bridgehead atoms. The van der Waals surface area contributed by atoms with Crippen LogP contribution < -0.4 is 9.62 Å². The standard InChI is InChI=1S/C26H27ClN2O3S/c1-19(21-12-11-20-7-5-6-8-22(20)17-21)28-26(30)18-29(24-15-13-23(27)14-16-24)33(31,32)25-9-3-2-4-10-25/h2-4,9-17,19H,5-8,18H2,1H3,(H,28,30)/t19-/m1/s1. The summed E-state index contributed by atoms with van der Waals surface area (Å²) in [6, 6.07) is 20.6. The number of fused-ring (bicyclic) bond motifs is 1. The molecule has 0 saturated heterocycles. The predicted molar refractivity (Wildman–Crippen MR) is 132 cm³/mol. The Balaban J connectivity index is 1.56. The number of nitrogens with zero attached hydrogens (tertiary/aromatic N) is 1. The summed E-state index contributed by atoms with van der Waals surface area (Å²) in [5.74, 6) is -0.380. The third-order valence-electron chi connectivity index (χ3n) is 5.98. The highest BCUT2D eigenvalue weighted by atomic mass is 35.5. The SMILES string of the molecule is C[C@@H](NC(=O)CN(c1ccc(Cl)cc1)S(=O)(=O)c1ccccc1)c1ccc2c(c1)CCCC2. The number of sulfonamides is 1. The average molecular weight is 483 g/mol. The van der Waals surface area contributed by atoms with Gasteiger partial charge in [0.1, 0.15) is 6.54 Å². The molecule has 1 N–H and O–H groups in total. The number of hydrogen-bond donors (Lipinski definition) is 1. The smallest absolute Gasteiger partial charge is 0.264 e. The van der Waals surface area contributed by atoms with Crippen molar-refractivity contribution in [2.75, 3.05) is 10.8 Å². The van der Waals surface area contributed by atoms with Gasteiger partial charge >= 0.3 is 0 Å². The number of nitrogens with one attached hydrogen (secondary N) is 1. The van der Waals surface area contributed by atoms with Crippen molar-refractivity contribution in [2.45, 2.75) is 43.5 Å².